The molecule has 3 rings (SSSR count). The Morgan fingerprint density at radius 2 is 2.50 bits per heavy atom. The third-order valence-electron chi connectivity index (χ3n) is 3.85. The molecule has 0 saturated heterocycles. The summed E-state index contributed by atoms with van der Waals surface area (Å²) in [5.41, 5.74) is 6.14. The number of hydrogen-bond acceptors (Lipinski definition) is 3. The third-order valence-corrected chi connectivity index (χ3v) is 5.09. The van der Waals surface area contributed by atoms with E-state index in [-0.39, 0.29) is 0 Å². The van der Waals surface area contributed by atoms with Crippen LogP contribution >= 0.6 is 11.3 Å². The number of rotatable bonds is 2. The normalized spacial score (nSPS) is 39.9. The molecule has 2 saturated carbocycles. The van der Waals surface area contributed by atoms with Crippen molar-refractivity contribution in [3.8, 4) is 0 Å². The fourth-order valence-corrected chi connectivity index (χ4v) is 4.25. The van der Waals surface area contributed by atoms with Crippen LogP contribution in [-0.4, -0.2) is 4.98 Å². The zero-order chi connectivity index (χ0) is 9.76. The summed E-state index contributed by atoms with van der Waals surface area (Å²) in [6.45, 7) is 2.97. The van der Waals surface area contributed by atoms with Crippen molar-refractivity contribution >= 4 is 11.3 Å². The van der Waals surface area contributed by atoms with Crippen LogP contribution in [0.2, 0.25) is 0 Å². The fourth-order valence-electron chi connectivity index (χ4n) is 3.17. The van der Waals surface area contributed by atoms with Crippen molar-refractivity contribution in [1.82, 2.24) is 4.98 Å². The molecule has 3 heteroatoms. The summed E-state index contributed by atoms with van der Waals surface area (Å²) in [7, 11) is 0. The number of aromatic nitrogens is 1. The van der Waals surface area contributed by atoms with E-state index in [0.717, 1.165) is 16.8 Å². The van der Waals surface area contributed by atoms with E-state index in [4.69, 9.17) is 5.73 Å². The lowest BCUT2D eigenvalue weighted by molar-refractivity contribution is 0.516. The summed E-state index contributed by atoms with van der Waals surface area (Å²) in [5, 5.41) is 1.10. The minimum atomic E-state index is 0.546. The number of hydrogen-bond donors (Lipinski definition) is 1. The first kappa shape index (κ1) is 8.86. The molecule has 1 aromatic heterocycles. The maximum Gasteiger partial charge on any atom is 0.106 e. The van der Waals surface area contributed by atoms with Crippen LogP contribution < -0.4 is 5.73 Å². The van der Waals surface area contributed by atoms with E-state index >= 15 is 0 Å². The Balaban J connectivity index is 1.89. The maximum atomic E-state index is 5.59. The molecule has 2 fully saturated rings. The molecular formula is C11H16N2S. The van der Waals surface area contributed by atoms with Gasteiger partial charge in [-0.1, -0.05) is 6.92 Å². The molecule has 0 amide bonds. The highest BCUT2D eigenvalue weighted by molar-refractivity contribution is 7.11. The van der Waals surface area contributed by atoms with Crippen LogP contribution in [0.3, 0.4) is 0 Å². The molecule has 0 spiro atoms. The number of nitrogens with two attached hydrogens (primary N) is 1. The highest BCUT2D eigenvalue weighted by atomic mass is 32.1. The van der Waals surface area contributed by atoms with Gasteiger partial charge in [0.05, 0.1) is 0 Å². The molecule has 76 valence electrons. The summed E-state index contributed by atoms with van der Waals surface area (Å²) < 4.78 is 0. The molecule has 2 aliphatic rings. The SMILES string of the molecule is C[C@@H]1C[C@@H]2C[C@]2(c2cnc(CN)s2)C1. The fraction of sp³-hybridized carbons (Fsp3) is 0.727. The molecule has 2 aliphatic carbocycles. The van der Waals surface area contributed by atoms with E-state index < -0.39 is 0 Å². The number of nitrogens with zero attached hydrogens (tertiary/aromatic N) is 1. The predicted octanol–water partition coefficient (Wildman–Crippen LogP) is 2.29. The van der Waals surface area contributed by atoms with Crippen molar-refractivity contribution < 1.29 is 0 Å². The first-order valence-corrected chi connectivity index (χ1v) is 6.21. The Morgan fingerprint density at radius 3 is 3.07 bits per heavy atom. The van der Waals surface area contributed by atoms with E-state index in [1.165, 1.54) is 24.1 Å². The minimum absolute atomic E-state index is 0.546. The summed E-state index contributed by atoms with van der Waals surface area (Å²) in [6, 6.07) is 0. The van der Waals surface area contributed by atoms with Gasteiger partial charge in [0.2, 0.25) is 0 Å². The molecule has 0 aliphatic heterocycles. The van der Waals surface area contributed by atoms with Crippen molar-refractivity contribution in [3.05, 3.63) is 16.1 Å². The smallest absolute Gasteiger partial charge is 0.106 e. The van der Waals surface area contributed by atoms with Gasteiger partial charge in [-0.2, -0.15) is 0 Å². The average Bonchev–Trinajstić information content (AvgIpc) is 2.63. The lowest BCUT2D eigenvalue weighted by atomic mass is 9.98. The van der Waals surface area contributed by atoms with Crippen molar-refractivity contribution in [2.24, 2.45) is 17.6 Å². The largest absolute Gasteiger partial charge is 0.325 e. The topological polar surface area (TPSA) is 38.9 Å². The molecule has 2 N–H and O–H groups in total. The van der Waals surface area contributed by atoms with Crippen LogP contribution in [0.5, 0.6) is 0 Å². The molecule has 0 bridgehead atoms. The van der Waals surface area contributed by atoms with Gasteiger partial charge in [-0.05, 0) is 31.1 Å². The van der Waals surface area contributed by atoms with Crippen LogP contribution in [0.1, 0.15) is 36.1 Å². The van der Waals surface area contributed by atoms with Crippen molar-refractivity contribution in [2.75, 3.05) is 0 Å². The van der Waals surface area contributed by atoms with E-state index in [1.54, 1.807) is 0 Å². The van der Waals surface area contributed by atoms with E-state index in [0.29, 0.717) is 12.0 Å². The van der Waals surface area contributed by atoms with Crippen molar-refractivity contribution in [2.45, 2.75) is 38.1 Å². The summed E-state index contributed by atoms with van der Waals surface area (Å²) in [5.74, 6) is 1.88. The standard InChI is InChI=1S/C11H16N2S/c1-7-2-8-4-11(8,3-7)9-6-13-10(5-12)14-9/h6-8H,2-5,12H2,1H3/t7-,8-,11-/m1/s1. The molecule has 0 aromatic carbocycles. The zero-order valence-electron chi connectivity index (χ0n) is 8.49. The van der Waals surface area contributed by atoms with Crippen LogP contribution in [0.25, 0.3) is 0 Å². The lowest BCUT2D eigenvalue weighted by Crippen LogP contribution is -2.04. The van der Waals surface area contributed by atoms with Crippen LogP contribution in [0.4, 0.5) is 0 Å². The molecule has 1 aromatic rings. The molecule has 2 nitrogen and oxygen atoms in total. The molecule has 1 heterocycles. The second kappa shape index (κ2) is 2.80. The predicted molar refractivity (Wildman–Crippen MR) is 58.2 cm³/mol. The number of thiazole rings is 1. The van der Waals surface area contributed by atoms with Crippen molar-refractivity contribution in [3.63, 3.8) is 0 Å². The Labute approximate surface area is 88.5 Å². The van der Waals surface area contributed by atoms with Gasteiger partial charge in [0.15, 0.2) is 0 Å². The Hall–Kier alpha value is -0.410. The quantitative estimate of drug-likeness (QED) is 0.810. The van der Waals surface area contributed by atoms with Crippen LogP contribution in [0.15, 0.2) is 6.20 Å². The van der Waals surface area contributed by atoms with Gasteiger partial charge in [0.25, 0.3) is 0 Å². The summed E-state index contributed by atoms with van der Waals surface area (Å²) >= 11 is 1.84. The Kier molecular flexibility index (Phi) is 1.77. The van der Waals surface area contributed by atoms with Gasteiger partial charge in [-0.25, -0.2) is 4.98 Å². The summed E-state index contributed by atoms with van der Waals surface area (Å²) in [6.07, 6.45) is 6.29. The minimum Gasteiger partial charge on any atom is -0.325 e. The third kappa shape index (κ3) is 1.09. The van der Waals surface area contributed by atoms with Gasteiger partial charge in [0, 0.05) is 23.0 Å². The van der Waals surface area contributed by atoms with Gasteiger partial charge < -0.3 is 5.73 Å². The average molecular weight is 208 g/mol. The lowest BCUT2D eigenvalue weighted by Gasteiger charge is -2.10. The van der Waals surface area contributed by atoms with Gasteiger partial charge >= 0.3 is 0 Å². The highest BCUT2D eigenvalue weighted by Crippen LogP contribution is 2.66. The Morgan fingerprint density at radius 1 is 1.64 bits per heavy atom. The van der Waals surface area contributed by atoms with Crippen LogP contribution in [-0.2, 0) is 12.0 Å². The monoisotopic (exact) mass is 208 g/mol. The number of fused-ring (bicyclic) bond motifs is 1. The second-order valence-electron chi connectivity index (χ2n) is 4.92. The molecule has 0 radical (unpaired) electrons. The first-order chi connectivity index (χ1) is 6.74. The molecule has 3 atom stereocenters. The van der Waals surface area contributed by atoms with E-state index in [9.17, 15) is 0 Å². The van der Waals surface area contributed by atoms with Gasteiger partial charge in [-0.15, -0.1) is 11.3 Å². The zero-order valence-corrected chi connectivity index (χ0v) is 9.31. The molecular weight excluding hydrogens is 192 g/mol. The second-order valence-corrected chi connectivity index (χ2v) is 6.04. The maximum absolute atomic E-state index is 5.59. The van der Waals surface area contributed by atoms with Crippen molar-refractivity contribution in [1.29, 1.82) is 0 Å². The van der Waals surface area contributed by atoms with E-state index in [2.05, 4.69) is 18.1 Å². The summed E-state index contributed by atoms with van der Waals surface area (Å²) in [4.78, 5) is 5.88. The first-order valence-electron chi connectivity index (χ1n) is 5.40. The van der Waals surface area contributed by atoms with Crippen LogP contribution in [0, 0.1) is 11.8 Å². The highest BCUT2D eigenvalue weighted by Gasteiger charge is 2.60. The molecule has 0 unspecified atom stereocenters. The van der Waals surface area contributed by atoms with Gasteiger partial charge in [-0.3, -0.25) is 0 Å². The Bertz CT molecular complexity index is 360. The molecule has 14 heavy (non-hydrogen) atoms. The van der Waals surface area contributed by atoms with Gasteiger partial charge in [0.1, 0.15) is 5.01 Å². The van der Waals surface area contributed by atoms with E-state index in [1.807, 2.05) is 11.3 Å².